The number of rotatable bonds is 0. The van der Waals surface area contributed by atoms with Gasteiger partial charge in [-0.1, -0.05) is 78.6 Å². The van der Waals surface area contributed by atoms with Crippen LogP contribution in [0.3, 0.4) is 0 Å². The zero-order valence-electron chi connectivity index (χ0n) is 12.1. The number of fused-ring (bicyclic) bond motifs is 2. The average molecular weight is 278 g/mol. The highest BCUT2D eigenvalue weighted by molar-refractivity contribution is 5.88. The summed E-state index contributed by atoms with van der Waals surface area (Å²) in [5.41, 5.74) is 2.12. The van der Waals surface area contributed by atoms with E-state index in [2.05, 4.69) is 96.8 Å². The second kappa shape index (κ2) is 5.39. The van der Waals surface area contributed by atoms with Gasteiger partial charge in [-0.25, -0.2) is 0 Å². The van der Waals surface area contributed by atoms with Crippen LogP contribution >= 0.6 is 0 Å². The summed E-state index contributed by atoms with van der Waals surface area (Å²) in [5, 5.41) is 4.91. The molecule has 0 atom stereocenters. The Hall–Kier alpha value is -3.04. The van der Waals surface area contributed by atoms with Crippen LogP contribution in [0, 0.1) is 11.8 Å². The SMILES string of the molecule is C(#Cc1cccc2ccccc12)c1ccc2ccccc2c1. The van der Waals surface area contributed by atoms with Crippen LogP contribution in [0.2, 0.25) is 0 Å². The molecule has 0 aliphatic carbocycles. The summed E-state index contributed by atoms with van der Waals surface area (Å²) in [5.74, 6) is 6.61. The van der Waals surface area contributed by atoms with E-state index >= 15 is 0 Å². The first-order chi connectivity index (χ1) is 10.9. The van der Waals surface area contributed by atoms with Crippen LogP contribution in [0.4, 0.5) is 0 Å². The van der Waals surface area contributed by atoms with Gasteiger partial charge in [0.1, 0.15) is 0 Å². The maximum absolute atomic E-state index is 3.32. The van der Waals surface area contributed by atoms with Gasteiger partial charge in [0, 0.05) is 11.1 Å². The molecule has 0 amide bonds. The van der Waals surface area contributed by atoms with Crippen molar-refractivity contribution in [3.63, 3.8) is 0 Å². The Kier molecular flexibility index (Phi) is 3.11. The standard InChI is InChI=1S/C22H14/c1-2-8-21-16-17(12-14-18(21)6-1)13-15-20-10-5-9-19-7-3-4-11-22(19)20/h1-12,14,16H. The molecule has 0 saturated heterocycles. The molecule has 0 heterocycles. The van der Waals surface area contributed by atoms with E-state index in [0.717, 1.165) is 11.1 Å². The molecule has 0 fully saturated rings. The molecule has 0 N–H and O–H groups in total. The molecule has 4 rings (SSSR count). The van der Waals surface area contributed by atoms with Crippen molar-refractivity contribution in [2.24, 2.45) is 0 Å². The third-order valence-corrected chi connectivity index (χ3v) is 3.88. The third kappa shape index (κ3) is 2.34. The first-order valence-electron chi connectivity index (χ1n) is 7.39. The average Bonchev–Trinajstić information content (AvgIpc) is 2.60. The van der Waals surface area contributed by atoms with Crippen LogP contribution in [-0.4, -0.2) is 0 Å². The fourth-order valence-corrected chi connectivity index (χ4v) is 2.74. The highest BCUT2D eigenvalue weighted by Crippen LogP contribution is 2.18. The van der Waals surface area contributed by atoms with Gasteiger partial charge in [0.15, 0.2) is 0 Å². The fraction of sp³-hybridized carbons (Fsp3) is 0. The molecule has 0 aliphatic rings. The van der Waals surface area contributed by atoms with Gasteiger partial charge < -0.3 is 0 Å². The molecule has 0 saturated carbocycles. The van der Waals surface area contributed by atoms with Crippen LogP contribution < -0.4 is 0 Å². The molecule has 0 nitrogen and oxygen atoms in total. The van der Waals surface area contributed by atoms with Crippen LogP contribution in [-0.2, 0) is 0 Å². The molecule has 102 valence electrons. The highest BCUT2D eigenvalue weighted by atomic mass is 14.0. The second-order valence-electron chi connectivity index (χ2n) is 5.34. The molecule has 0 aromatic heterocycles. The summed E-state index contributed by atoms with van der Waals surface area (Å²) in [6, 6.07) is 29.3. The summed E-state index contributed by atoms with van der Waals surface area (Å²) >= 11 is 0. The molecule has 0 unspecified atom stereocenters. The maximum atomic E-state index is 3.32. The third-order valence-electron chi connectivity index (χ3n) is 3.88. The topological polar surface area (TPSA) is 0 Å². The lowest BCUT2D eigenvalue weighted by Gasteiger charge is -2.00. The number of benzene rings is 4. The van der Waals surface area contributed by atoms with E-state index in [9.17, 15) is 0 Å². The van der Waals surface area contributed by atoms with Crippen molar-refractivity contribution in [2.45, 2.75) is 0 Å². The Labute approximate surface area is 130 Å². The smallest absolute Gasteiger partial charge is 0.0327 e. The van der Waals surface area contributed by atoms with Crippen molar-refractivity contribution in [1.82, 2.24) is 0 Å². The molecule has 0 bridgehead atoms. The number of hydrogen-bond acceptors (Lipinski definition) is 0. The van der Waals surface area contributed by atoms with E-state index < -0.39 is 0 Å². The van der Waals surface area contributed by atoms with Gasteiger partial charge in [-0.2, -0.15) is 0 Å². The van der Waals surface area contributed by atoms with Crippen LogP contribution in [0.25, 0.3) is 21.5 Å². The Bertz CT molecular complexity index is 1020. The Morgan fingerprint density at radius 1 is 0.500 bits per heavy atom. The molecule has 0 spiro atoms. The monoisotopic (exact) mass is 278 g/mol. The molecule has 4 aromatic carbocycles. The van der Waals surface area contributed by atoms with E-state index in [1.165, 1.54) is 21.5 Å². The summed E-state index contributed by atoms with van der Waals surface area (Å²) in [6.07, 6.45) is 0. The molecular formula is C22H14. The molecule has 0 radical (unpaired) electrons. The lowest BCUT2D eigenvalue weighted by molar-refractivity contribution is 1.68. The van der Waals surface area contributed by atoms with Gasteiger partial charge >= 0.3 is 0 Å². The van der Waals surface area contributed by atoms with E-state index in [-0.39, 0.29) is 0 Å². The van der Waals surface area contributed by atoms with Crippen molar-refractivity contribution in [3.05, 3.63) is 96.1 Å². The first kappa shape index (κ1) is 12.7. The van der Waals surface area contributed by atoms with E-state index in [1.54, 1.807) is 0 Å². The van der Waals surface area contributed by atoms with Gasteiger partial charge in [0.25, 0.3) is 0 Å². The Morgan fingerprint density at radius 2 is 1.23 bits per heavy atom. The summed E-state index contributed by atoms with van der Waals surface area (Å²) < 4.78 is 0. The minimum Gasteiger partial charge on any atom is -0.0616 e. The maximum Gasteiger partial charge on any atom is 0.0327 e. The van der Waals surface area contributed by atoms with Crippen molar-refractivity contribution in [3.8, 4) is 11.8 Å². The normalized spacial score (nSPS) is 10.4. The second-order valence-corrected chi connectivity index (χ2v) is 5.34. The first-order valence-corrected chi connectivity index (χ1v) is 7.39. The van der Waals surface area contributed by atoms with Crippen molar-refractivity contribution >= 4 is 21.5 Å². The highest BCUT2D eigenvalue weighted by Gasteiger charge is 1.97. The van der Waals surface area contributed by atoms with Crippen molar-refractivity contribution in [2.75, 3.05) is 0 Å². The minimum absolute atomic E-state index is 1.05. The van der Waals surface area contributed by atoms with E-state index in [0.29, 0.717) is 0 Å². The van der Waals surface area contributed by atoms with Crippen LogP contribution in [0.1, 0.15) is 11.1 Å². The van der Waals surface area contributed by atoms with Crippen LogP contribution in [0.5, 0.6) is 0 Å². The summed E-state index contributed by atoms with van der Waals surface area (Å²) in [6.45, 7) is 0. The van der Waals surface area contributed by atoms with E-state index in [4.69, 9.17) is 0 Å². The zero-order chi connectivity index (χ0) is 14.8. The van der Waals surface area contributed by atoms with E-state index in [1.807, 2.05) is 0 Å². The predicted octanol–water partition coefficient (Wildman–Crippen LogP) is 5.39. The quantitative estimate of drug-likeness (QED) is 0.378. The van der Waals surface area contributed by atoms with Gasteiger partial charge in [-0.15, -0.1) is 0 Å². The molecular weight excluding hydrogens is 264 g/mol. The molecule has 0 heteroatoms. The minimum atomic E-state index is 1.05. The van der Waals surface area contributed by atoms with Crippen molar-refractivity contribution < 1.29 is 0 Å². The van der Waals surface area contributed by atoms with Gasteiger partial charge in [0.05, 0.1) is 0 Å². The Morgan fingerprint density at radius 3 is 2.14 bits per heavy atom. The molecule has 4 aromatic rings. The fourth-order valence-electron chi connectivity index (χ4n) is 2.74. The summed E-state index contributed by atoms with van der Waals surface area (Å²) in [7, 11) is 0. The summed E-state index contributed by atoms with van der Waals surface area (Å²) in [4.78, 5) is 0. The van der Waals surface area contributed by atoms with Crippen LogP contribution in [0.15, 0.2) is 84.9 Å². The van der Waals surface area contributed by atoms with Gasteiger partial charge in [0.2, 0.25) is 0 Å². The zero-order valence-corrected chi connectivity index (χ0v) is 12.1. The lowest BCUT2D eigenvalue weighted by Crippen LogP contribution is -1.80. The molecule has 0 aliphatic heterocycles. The van der Waals surface area contributed by atoms with Gasteiger partial charge in [-0.3, -0.25) is 0 Å². The predicted molar refractivity (Wildman–Crippen MR) is 93.9 cm³/mol. The number of hydrogen-bond donors (Lipinski definition) is 0. The van der Waals surface area contributed by atoms with Crippen molar-refractivity contribution in [1.29, 1.82) is 0 Å². The van der Waals surface area contributed by atoms with Gasteiger partial charge in [-0.05, 0) is 39.7 Å². The lowest BCUT2D eigenvalue weighted by atomic mass is 10.0. The Balaban J connectivity index is 1.80. The largest absolute Gasteiger partial charge is 0.0616 e. The molecule has 22 heavy (non-hydrogen) atoms.